The second-order valence-corrected chi connectivity index (χ2v) is 1.98. The van der Waals surface area contributed by atoms with Crippen LogP contribution in [-0.4, -0.2) is 27.6 Å². The predicted octanol–water partition coefficient (Wildman–Crippen LogP) is 1.33. The Morgan fingerprint density at radius 1 is 1.30 bits per heavy atom. The first-order chi connectivity index (χ1) is 4.76. The monoisotopic (exact) mass is 166 g/mol. The molecule has 0 aliphatic heterocycles. The van der Waals surface area contributed by atoms with Crippen LogP contribution in [0.25, 0.3) is 0 Å². The standard InChI is InChI=1S/C6H11ClO3/c1-8-4-5(7)6(9-2)10-3/h4,6H,1-3H3/b5-4+. The highest BCUT2D eigenvalue weighted by Crippen LogP contribution is 2.10. The quantitative estimate of drug-likeness (QED) is 0.466. The minimum absolute atomic E-state index is 0.382. The van der Waals surface area contributed by atoms with Gasteiger partial charge in [-0.1, -0.05) is 11.6 Å². The van der Waals surface area contributed by atoms with Crippen molar-refractivity contribution in [2.45, 2.75) is 6.29 Å². The van der Waals surface area contributed by atoms with Gasteiger partial charge in [-0.25, -0.2) is 0 Å². The van der Waals surface area contributed by atoms with Gasteiger partial charge in [0.25, 0.3) is 0 Å². The lowest BCUT2D eigenvalue weighted by atomic mass is 10.6. The summed E-state index contributed by atoms with van der Waals surface area (Å²) in [6.07, 6.45) is 0.834. The van der Waals surface area contributed by atoms with Gasteiger partial charge in [-0.05, 0) is 0 Å². The average Bonchev–Trinajstić information content (AvgIpc) is 1.91. The minimum Gasteiger partial charge on any atom is -0.503 e. The van der Waals surface area contributed by atoms with Gasteiger partial charge in [0, 0.05) is 14.2 Å². The van der Waals surface area contributed by atoms with Crippen molar-refractivity contribution in [3.63, 3.8) is 0 Å². The zero-order valence-corrected chi connectivity index (χ0v) is 7.01. The van der Waals surface area contributed by atoms with Crippen LogP contribution < -0.4 is 0 Å². The second-order valence-electron chi connectivity index (χ2n) is 1.54. The Bertz CT molecular complexity index is 110. The first-order valence-electron chi connectivity index (χ1n) is 2.70. The molecule has 4 heteroatoms. The summed E-state index contributed by atoms with van der Waals surface area (Å²) in [5, 5.41) is 0.382. The molecule has 0 amide bonds. The van der Waals surface area contributed by atoms with Crippen molar-refractivity contribution in [2.24, 2.45) is 0 Å². The molecule has 0 aromatic carbocycles. The highest BCUT2D eigenvalue weighted by molar-refractivity contribution is 6.29. The topological polar surface area (TPSA) is 27.7 Å². The van der Waals surface area contributed by atoms with Gasteiger partial charge >= 0.3 is 0 Å². The second kappa shape index (κ2) is 5.53. The van der Waals surface area contributed by atoms with Crippen molar-refractivity contribution in [1.82, 2.24) is 0 Å². The van der Waals surface area contributed by atoms with Crippen LogP contribution in [0.3, 0.4) is 0 Å². The summed E-state index contributed by atoms with van der Waals surface area (Å²) >= 11 is 5.63. The van der Waals surface area contributed by atoms with E-state index in [4.69, 9.17) is 21.1 Å². The molecule has 0 unspecified atom stereocenters. The van der Waals surface area contributed by atoms with Crippen LogP contribution in [0.2, 0.25) is 0 Å². The molecule has 0 bridgehead atoms. The van der Waals surface area contributed by atoms with E-state index < -0.39 is 6.29 Å². The molecule has 0 aliphatic carbocycles. The highest BCUT2D eigenvalue weighted by Gasteiger charge is 2.08. The molecule has 3 nitrogen and oxygen atoms in total. The molecule has 0 fully saturated rings. The van der Waals surface area contributed by atoms with Gasteiger partial charge in [-0.15, -0.1) is 0 Å². The molecule has 0 rings (SSSR count). The lowest BCUT2D eigenvalue weighted by molar-refractivity contribution is -0.0711. The molecule has 0 saturated heterocycles. The van der Waals surface area contributed by atoms with E-state index >= 15 is 0 Å². The normalized spacial score (nSPS) is 12.3. The fourth-order valence-corrected chi connectivity index (χ4v) is 0.757. The summed E-state index contributed by atoms with van der Waals surface area (Å²) in [7, 11) is 4.50. The first kappa shape index (κ1) is 9.75. The van der Waals surface area contributed by atoms with Gasteiger partial charge < -0.3 is 14.2 Å². The molecule has 0 radical (unpaired) electrons. The Morgan fingerprint density at radius 2 is 1.80 bits per heavy atom. The van der Waals surface area contributed by atoms with Crippen molar-refractivity contribution in [2.75, 3.05) is 21.3 Å². The number of hydrogen-bond donors (Lipinski definition) is 0. The molecule has 0 aliphatic rings. The maximum absolute atomic E-state index is 5.63. The van der Waals surface area contributed by atoms with Gasteiger partial charge in [0.05, 0.1) is 7.11 Å². The van der Waals surface area contributed by atoms with Crippen molar-refractivity contribution in [1.29, 1.82) is 0 Å². The molecular formula is C6H11ClO3. The summed E-state index contributed by atoms with van der Waals surface area (Å²) in [5.74, 6) is 0. The van der Waals surface area contributed by atoms with Crippen molar-refractivity contribution < 1.29 is 14.2 Å². The molecule has 0 saturated carbocycles. The summed E-state index contributed by atoms with van der Waals surface area (Å²) < 4.78 is 14.3. The molecule has 0 N–H and O–H groups in total. The van der Waals surface area contributed by atoms with Gasteiger partial charge in [0.15, 0.2) is 6.29 Å². The summed E-state index contributed by atoms with van der Waals surface area (Å²) in [5.41, 5.74) is 0. The minimum atomic E-state index is -0.526. The van der Waals surface area contributed by atoms with Crippen LogP contribution in [-0.2, 0) is 14.2 Å². The molecule has 0 heterocycles. The summed E-state index contributed by atoms with van der Waals surface area (Å²) in [6, 6.07) is 0. The van der Waals surface area contributed by atoms with Crippen LogP contribution in [0.4, 0.5) is 0 Å². The molecular weight excluding hydrogens is 156 g/mol. The van der Waals surface area contributed by atoms with E-state index in [1.807, 2.05) is 0 Å². The van der Waals surface area contributed by atoms with Crippen molar-refractivity contribution in [3.8, 4) is 0 Å². The fraction of sp³-hybridized carbons (Fsp3) is 0.667. The SMILES string of the molecule is CO/C=C(/Cl)C(OC)OC. The van der Waals surface area contributed by atoms with Crippen LogP contribution in [0.1, 0.15) is 0 Å². The molecule has 0 spiro atoms. The molecule has 0 aromatic heterocycles. The number of halogens is 1. The van der Waals surface area contributed by atoms with E-state index in [1.165, 1.54) is 27.6 Å². The predicted molar refractivity (Wildman–Crippen MR) is 38.8 cm³/mol. The Morgan fingerprint density at radius 3 is 2.10 bits per heavy atom. The van der Waals surface area contributed by atoms with Gasteiger partial charge in [-0.2, -0.15) is 0 Å². The van der Waals surface area contributed by atoms with Crippen LogP contribution in [0.15, 0.2) is 11.3 Å². The Hall–Kier alpha value is -0.250. The van der Waals surface area contributed by atoms with Gasteiger partial charge in [0.1, 0.15) is 11.3 Å². The number of ether oxygens (including phenoxy) is 3. The van der Waals surface area contributed by atoms with Gasteiger partial charge in [0.2, 0.25) is 0 Å². The Kier molecular flexibility index (Phi) is 5.39. The lowest BCUT2D eigenvalue weighted by Gasteiger charge is -2.10. The maximum Gasteiger partial charge on any atom is 0.196 e. The van der Waals surface area contributed by atoms with Crippen molar-refractivity contribution >= 4 is 11.6 Å². The summed E-state index contributed by atoms with van der Waals surface area (Å²) in [4.78, 5) is 0. The van der Waals surface area contributed by atoms with E-state index in [0.29, 0.717) is 5.03 Å². The molecule has 0 atom stereocenters. The third-order valence-corrected chi connectivity index (χ3v) is 1.15. The number of rotatable bonds is 4. The Labute approximate surface area is 65.5 Å². The molecule has 60 valence electrons. The van der Waals surface area contributed by atoms with E-state index in [0.717, 1.165) is 0 Å². The Balaban J connectivity index is 3.87. The number of hydrogen-bond acceptors (Lipinski definition) is 3. The van der Waals surface area contributed by atoms with Crippen LogP contribution in [0, 0.1) is 0 Å². The van der Waals surface area contributed by atoms with E-state index in [1.54, 1.807) is 0 Å². The smallest absolute Gasteiger partial charge is 0.196 e. The largest absolute Gasteiger partial charge is 0.503 e. The van der Waals surface area contributed by atoms with E-state index in [-0.39, 0.29) is 0 Å². The number of methoxy groups -OCH3 is 3. The molecule has 10 heavy (non-hydrogen) atoms. The van der Waals surface area contributed by atoms with Crippen LogP contribution in [0.5, 0.6) is 0 Å². The summed E-state index contributed by atoms with van der Waals surface area (Å²) in [6.45, 7) is 0. The average molecular weight is 167 g/mol. The van der Waals surface area contributed by atoms with Crippen LogP contribution >= 0.6 is 11.6 Å². The van der Waals surface area contributed by atoms with E-state index in [2.05, 4.69) is 4.74 Å². The third kappa shape index (κ3) is 3.06. The first-order valence-corrected chi connectivity index (χ1v) is 3.08. The fourth-order valence-electron chi connectivity index (χ4n) is 0.490. The van der Waals surface area contributed by atoms with Crippen molar-refractivity contribution in [3.05, 3.63) is 11.3 Å². The van der Waals surface area contributed by atoms with E-state index in [9.17, 15) is 0 Å². The highest BCUT2D eigenvalue weighted by atomic mass is 35.5. The zero-order chi connectivity index (χ0) is 7.98. The van der Waals surface area contributed by atoms with Gasteiger partial charge in [-0.3, -0.25) is 0 Å². The lowest BCUT2D eigenvalue weighted by Crippen LogP contribution is -2.12. The maximum atomic E-state index is 5.63. The zero-order valence-electron chi connectivity index (χ0n) is 6.26. The third-order valence-electron chi connectivity index (χ3n) is 0.884. The molecule has 0 aromatic rings.